The van der Waals surface area contributed by atoms with Gasteiger partial charge < -0.3 is 4.90 Å². The summed E-state index contributed by atoms with van der Waals surface area (Å²) in [7, 11) is -3.68. The van der Waals surface area contributed by atoms with Gasteiger partial charge in [-0.2, -0.15) is 0 Å². The van der Waals surface area contributed by atoms with E-state index in [0.29, 0.717) is 5.69 Å². The monoisotopic (exact) mass is 332 g/mol. The van der Waals surface area contributed by atoms with Crippen LogP contribution in [0.15, 0.2) is 22.7 Å². The molecule has 1 aliphatic heterocycles. The highest BCUT2D eigenvalue weighted by atomic mass is 79.9. The van der Waals surface area contributed by atoms with Crippen LogP contribution in [-0.2, 0) is 14.8 Å². The van der Waals surface area contributed by atoms with Crippen LogP contribution in [0.5, 0.6) is 0 Å². The molecule has 5 nitrogen and oxygen atoms in total. The maximum atomic E-state index is 11.9. The minimum atomic E-state index is -3.68. The number of aryl methyl sites for hydroxylation is 1. The van der Waals surface area contributed by atoms with Crippen molar-refractivity contribution in [3.63, 3.8) is 0 Å². The van der Waals surface area contributed by atoms with Gasteiger partial charge in [-0.25, -0.2) is 13.6 Å². The van der Waals surface area contributed by atoms with Crippen molar-refractivity contribution in [3.8, 4) is 0 Å². The van der Waals surface area contributed by atoms with Crippen molar-refractivity contribution >= 4 is 37.5 Å². The van der Waals surface area contributed by atoms with Crippen LogP contribution in [0.25, 0.3) is 0 Å². The lowest BCUT2D eigenvalue weighted by molar-refractivity contribution is -0.117. The lowest BCUT2D eigenvalue weighted by Gasteiger charge is -2.18. The van der Waals surface area contributed by atoms with E-state index in [1.807, 2.05) is 19.1 Å². The summed E-state index contributed by atoms with van der Waals surface area (Å²) in [6.45, 7) is 2.05. The Morgan fingerprint density at radius 1 is 1.44 bits per heavy atom. The van der Waals surface area contributed by atoms with Crippen LogP contribution in [-0.4, -0.2) is 26.1 Å². The molecule has 1 aromatic rings. The molecule has 1 saturated heterocycles. The van der Waals surface area contributed by atoms with Crippen molar-refractivity contribution in [2.45, 2.75) is 18.6 Å². The third-order valence-corrected chi connectivity index (χ3v) is 4.83. The zero-order valence-electron chi connectivity index (χ0n) is 9.76. The summed E-state index contributed by atoms with van der Waals surface area (Å²) >= 11 is 3.38. The maximum absolute atomic E-state index is 11.9. The zero-order valence-corrected chi connectivity index (χ0v) is 12.2. The number of primary sulfonamides is 1. The van der Waals surface area contributed by atoms with E-state index < -0.39 is 15.3 Å². The van der Waals surface area contributed by atoms with Crippen molar-refractivity contribution in [2.24, 2.45) is 5.14 Å². The Kier molecular flexibility index (Phi) is 3.48. The lowest BCUT2D eigenvalue weighted by atomic mass is 10.2. The summed E-state index contributed by atoms with van der Waals surface area (Å²) in [6.07, 6.45) is -0.0564. The molecule has 1 amide bonds. The van der Waals surface area contributed by atoms with E-state index in [2.05, 4.69) is 15.9 Å². The molecule has 1 unspecified atom stereocenters. The molecule has 1 fully saturated rings. The number of nitrogens with zero attached hydrogens (tertiary/aromatic N) is 1. The van der Waals surface area contributed by atoms with Crippen LogP contribution in [0.3, 0.4) is 0 Å². The molecule has 2 N–H and O–H groups in total. The highest BCUT2D eigenvalue weighted by molar-refractivity contribution is 9.10. The Morgan fingerprint density at radius 2 is 2.11 bits per heavy atom. The normalized spacial score (nSPS) is 20.5. The van der Waals surface area contributed by atoms with Crippen molar-refractivity contribution in [1.82, 2.24) is 0 Å². The summed E-state index contributed by atoms with van der Waals surface area (Å²) in [5, 5.41) is 4.27. The Hall–Kier alpha value is -0.920. The van der Waals surface area contributed by atoms with Crippen LogP contribution in [0.1, 0.15) is 12.0 Å². The molecule has 0 aromatic heterocycles. The smallest absolute Gasteiger partial charge is 0.228 e. The van der Waals surface area contributed by atoms with Gasteiger partial charge in [0.15, 0.2) is 0 Å². The summed E-state index contributed by atoms with van der Waals surface area (Å²) in [6, 6.07) is 5.55. The summed E-state index contributed by atoms with van der Waals surface area (Å²) in [5.74, 6) is -0.224. The standard InChI is InChI=1S/C11H13BrN2O3S/c1-7-2-3-10(9(12)4-7)14-6-8(5-11(14)15)18(13,16)17/h2-4,8H,5-6H2,1H3,(H2,13,16,17). The Labute approximate surface area is 114 Å². The maximum Gasteiger partial charge on any atom is 0.228 e. The number of hydrogen-bond acceptors (Lipinski definition) is 3. The SMILES string of the molecule is Cc1ccc(N2CC(S(N)(=O)=O)CC2=O)c(Br)c1. The number of sulfonamides is 1. The fourth-order valence-corrected chi connectivity index (χ4v) is 3.40. The van der Waals surface area contributed by atoms with Gasteiger partial charge in [-0.05, 0) is 40.5 Å². The van der Waals surface area contributed by atoms with Crippen LogP contribution < -0.4 is 10.0 Å². The second-order valence-electron chi connectivity index (χ2n) is 4.37. The van der Waals surface area contributed by atoms with Crippen LogP contribution >= 0.6 is 15.9 Å². The number of amides is 1. The molecule has 2 rings (SSSR count). The van der Waals surface area contributed by atoms with Gasteiger partial charge in [0.05, 0.1) is 5.69 Å². The topological polar surface area (TPSA) is 80.5 Å². The van der Waals surface area contributed by atoms with Gasteiger partial charge in [0.1, 0.15) is 5.25 Å². The van der Waals surface area contributed by atoms with Crippen molar-refractivity contribution in [1.29, 1.82) is 0 Å². The molecule has 0 aliphatic carbocycles. The largest absolute Gasteiger partial charge is 0.310 e. The predicted octanol–water partition coefficient (Wildman–Crippen LogP) is 1.15. The van der Waals surface area contributed by atoms with Crippen LogP contribution in [0.4, 0.5) is 5.69 Å². The number of nitrogens with two attached hydrogens (primary N) is 1. The average molecular weight is 333 g/mol. The minimum absolute atomic E-state index is 0.0564. The van der Waals surface area contributed by atoms with Gasteiger partial charge in [0, 0.05) is 17.4 Å². The van der Waals surface area contributed by atoms with Gasteiger partial charge in [0.25, 0.3) is 0 Å². The first kappa shape index (κ1) is 13.5. The number of carbonyl (C=O) groups is 1. The number of rotatable bonds is 2. The second kappa shape index (κ2) is 4.64. The first-order valence-corrected chi connectivity index (χ1v) is 7.77. The molecular weight excluding hydrogens is 320 g/mol. The van der Waals surface area contributed by atoms with Crippen molar-refractivity contribution in [3.05, 3.63) is 28.2 Å². The third-order valence-electron chi connectivity index (χ3n) is 2.95. The van der Waals surface area contributed by atoms with Crippen LogP contribution in [0, 0.1) is 6.92 Å². The molecule has 18 heavy (non-hydrogen) atoms. The van der Waals surface area contributed by atoms with Crippen molar-refractivity contribution < 1.29 is 13.2 Å². The van der Waals surface area contributed by atoms with E-state index in [-0.39, 0.29) is 18.9 Å². The Morgan fingerprint density at radius 3 is 2.61 bits per heavy atom. The second-order valence-corrected chi connectivity index (χ2v) is 7.07. The number of carbonyl (C=O) groups excluding carboxylic acids is 1. The quantitative estimate of drug-likeness (QED) is 0.882. The molecule has 7 heteroatoms. The molecule has 1 heterocycles. The number of hydrogen-bond donors (Lipinski definition) is 1. The zero-order chi connectivity index (χ0) is 13.5. The first-order chi connectivity index (χ1) is 8.29. The summed E-state index contributed by atoms with van der Waals surface area (Å²) in [5.41, 5.74) is 1.73. The van der Waals surface area contributed by atoms with E-state index in [9.17, 15) is 13.2 Å². The number of halogens is 1. The fraction of sp³-hybridized carbons (Fsp3) is 0.364. The molecule has 0 spiro atoms. The summed E-state index contributed by atoms with van der Waals surface area (Å²) < 4.78 is 23.3. The third kappa shape index (κ3) is 2.57. The minimum Gasteiger partial charge on any atom is -0.310 e. The molecule has 1 atom stereocenters. The highest BCUT2D eigenvalue weighted by Crippen LogP contribution is 2.31. The van der Waals surface area contributed by atoms with E-state index >= 15 is 0 Å². The molecule has 0 bridgehead atoms. The molecular formula is C11H13BrN2O3S. The number of benzene rings is 1. The molecule has 0 saturated carbocycles. The summed E-state index contributed by atoms with van der Waals surface area (Å²) in [4.78, 5) is 13.3. The lowest BCUT2D eigenvalue weighted by Crippen LogP contribution is -2.32. The Bertz CT molecular complexity index is 600. The highest BCUT2D eigenvalue weighted by Gasteiger charge is 2.37. The first-order valence-electron chi connectivity index (χ1n) is 5.37. The molecule has 1 aliphatic rings. The van der Waals surface area contributed by atoms with E-state index in [4.69, 9.17) is 5.14 Å². The molecule has 98 valence electrons. The molecule has 1 aromatic carbocycles. The van der Waals surface area contributed by atoms with Crippen LogP contribution in [0.2, 0.25) is 0 Å². The van der Waals surface area contributed by atoms with Gasteiger partial charge in [-0.15, -0.1) is 0 Å². The van der Waals surface area contributed by atoms with Gasteiger partial charge >= 0.3 is 0 Å². The Balaban J connectivity index is 2.33. The fourth-order valence-electron chi connectivity index (χ4n) is 1.96. The van der Waals surface area contributed by atoms with E-state index in [1.54, 1.807) is 6.07 Å². The van der Waals surface area contributed by atoms with E-state index in [1.165, 1.54) is 4.90 Å². The van der Waals surface area contributed by atoms with Crippen molar-refractivity contribution in [2.75, 3.05) is 11.4 Å². The predicted molar refractivity (Wildman–Crippen MR) is 72.7 cm³/mol. The van der Waals surface area contributed by atoms with E-state index in [0.717, 1.165) is 10.0 Å². The average Bonchev–Trinajstić information content (AvgIpc) is 2.60. The number of anilines is 1. The van der Waals surface area contributed by atoms with Gasteiger partial charge in [-0.1, -0.05) is 6.07 Å². The van der Waals surface area contributed by atoms with Gasteiger partial charge in [0.2, 0.25) is 15.9 Å². The van der Waals surface area contributed by atoms with Gasteiger partial charge in [-0.3, -0.25) is 4.79 Å². The molecule has 0 radical (unpaired) electrons.